The molecule has 0 aliphatic carbocycles. The third-order valence-electron chi connectivity index (χ3n) is 3.73. The molecule has 0 saturated carbocycles. The van der Waals surface area contributed by atoms with Crippen molar-refractivity contribution in [2.45, 2.75) is 13.8 Å². The van der Waals surface area contributed by atoms with Crippen LogP contribution >= 0.6 is 15.9 Å². The van der Waals surface area contributed by atoms with Crippen LogP contribution < -0.4 is 4.90 Å². The van der Waals surface area contributed by atoms with Crippen molar-refractivity contribution in [3.8, 4) is 0 Å². The summed E-state index contributed by atoms with van der Waals surface area (Å²) in [6.07, 6.45) is 0. The first-order chi connectivity index (χ1) is 9.31. The molecule has 1 fully saturated rings. The smallest absolute Gasteiger partial charge is 0.308 e. The predicted octanol–water partition coefficient (Wildman–Crippen LogP) is 2.82. The van der Waals surface area contributed by atoms with E-state index in [2.05, 4.69) is 15.9 Å². The Morgan fingerprint density at radius 2 is 2.15 bits per heavy atom. The number of carboxylic acids is 1. The quantitative estimate of drug-likeness (QED) is 0.674. The molecule has 7 heteroatoms. The average molecular weight is 343 g/mol. The summed E-state index contributed by atoms with van der Waals surface area (Å²) in [4.78, 5) is 23.6. The maximum absolute atomic E-state index is 11.2. The molecular weight excluding hydrogens is 328 g/mol. The van der Waals surface area contributed by atoms with Gasteiger partial charge in [0.2, 0.25) is 0 Å². The molecule has 0 aromatic heterocycles. The van der Waals surface area contributed by atoms with Gasteiger partial charge in [-0.25, -0.2) is 0 Å². The number of carbonyl (C=O) groups is 1. The third kappa shape index (κ3) is 2.63. The number of carboxylic acid groups (broad SMARTS) is 1. The SMILES string of the molecule is Cc1cc(N2C[C@@H](C)[C@H](C(=O)O)C2)c(Br)cc1[N+](=O)[O-]. The average Bonchev–Trinajstić information content (AvgIpc) is 2.73. The van der Waals surface area contributed by atoms with Crippen LogP contribution in [0.3, 0.4) is 0 Å². The Balaban J connectivity index is 2.33. The fourth-order valence-corrected chi connectivity index (χ4v) is 3.16. The summed E-state index contributed by atoms with van der Waals surface area (Å²) in [6, 6.07) is 3.21. The maximum atomic E-state index is 11.2. The lowest BCUT2D eigenvalue weighted by atomic mass is 9.99. The number of benzene rings is 1. The number of nitro groups is 1. The van der Waals surface area contributed by atoms with E-state index in [-0.39, 0.29) is 11.6 Å². The monoisotopic (exact) mass is 342 g/mol. The molecule has 6 nitrogen and oxygen atoms in total. The van der Waals surface area contributed by atoms with E-state index in [1.54, 1.807) is 13.0 Å². The summed E-state index contributed by atoms with van der Waals surface area (Å²) in [5.74, 6) is -1.15. The van der Waals surface area contributed by atoms with Crippen LogP contribution in [0.5, 0.6) is 0 Å². The Morgan fingerprint density at radius 3 is 2.65 bits per heavy atom. The first kappa shape index (κ1) is 14.8. The number of aliphatic carboxylic acids is 1. The Bertz CT molecular complexity index is 576. The number of aryl methyl sites for hydroxylation is 1. The Kier molecular flexibility index (Phi) is 3.99. The standard InChI is InChI=1S/C13H15BrN2O4/c1-7-3-12(10(14)4-11(7)16(19)20)15-5-8(2)9(6-15)13(17)18/h3-4,8-9H,5-6H2,1-2H3,(H,17,18)/t8-,9-/m1/s1. The highest BCUT2D eigenvalue weighted by Crippen LogP contribution is 2.37. The summed E-state index contributed by atoms with van der Waals surface area (Å²) in [5.41, 5.74) is 1.44. The molecule has 1 N–H and O–H groups in total. The van der Waals surface area contributed by atoms with Crippen molar-refractivity contribution in [1.82, 2.24) is 0 Å². The van der Waals surface area contributed by atoms with E-state index in [1.165, 1.54) is 6.07 Å². The van der Waals surface area contributed by atoms with Crippen molar-refractivity contribution in [3.63, 3.8) is 0 Å². The molecule has 1 aliphatic rings. The molecule has 0 spiro atoms. The molecule has 0 unspecified atom stereocenters. The zero-order valence-electron chi connectivity index (χ0n) is 11.2. The fourth-order valence-electron chi connectivity index (χ4n) is 2.58. The summed E-state index contributed by atoms with van der Waals surface area (Å²) < 4.78 is 0.619. The summed E-state index contributed by atoms with van der Waals surface area (Å²) >= 11 is 3.34. The van der Waals surface area contributed by atoms with E-state index < -0.39 is 16.8 Å². The minimum absolute atomic E-state index is 0.0508. The lowest BCUT2D eigenvalue weighted by molar-refractivity contribution is -0.385. The first-order valence-corrected chi connectivity index (χ1v) is 7.03. The molecule has 2 atom stereocenters. The first-order valence-electron chi connectivity index (χ1n) is 6.23. The Labute approximate surface area is 124 Å². The Hall–Kier alpha value is -1.63. The highest BCUT2D eigenvalue weighted by molar-refractivity contribution is 9.10. The molecule has 1 aromatic carbocycles. The second kappa shape index (κ2) is 5.40. The largest absolute Gasteiger partial charge is 0.481 e. The second-order valence-corrected chi connectivity index (χ2v) is 6.03. The third-order valence-corrected chi connectivity index (χ3v) is 4.37. The zero-order chi connectivity index (χ0) is 15.0. The summed E-state index contributed by atoms with van der Waals surface area (Å²) in [7, 11) is 0. The van der Waals surface area contributed by atoms with Gasteiger partial charge in [-0.15, -0.1) is 0 Å². The Morgan fingerprint density at radius 1 is 1.50 bits per heavy atom. The minimum atomic E-state index is -0.797. The van der Waals surface area contributed by atoms with E-state index >= 15 is 0 Å². The van der Waals surface area contributed by atoms with Crippen LogP contribution in [0.15, 0.2) is 16.6 Å². The van der Waals surface area contributed by atoms with Gasteiger partial charge in [0, 0.05) is 29.2 Å². The number of nitro benzene ring substituents is 1. The topological polar surface area (TPSA) is 83.7 Å². The van der Waals surface area contributed by atoms with Gasteiger partial charge in [-0.1, -0.05) is 6.92 Å². The number of halogens is 1. The number of hydrogen-bond donors (Lipinski definition) is 1. The summed E-state index contributed by atoms with van der Waals surface area (Å²) in [5, 5.41) is 20.1. The van der Waals surface area contributed by atoms with Crippen molar-refractivity contribution in [2.24, 2.45) is 11.8 Å². The van der Waals surface area contributed by atoms with E-state index in [9.17, 15) is 14.9 Å². The van der Waals surface area contributed by atoms with E-state index in [4.69, 9.17) is 5.11 Å². The van der Waals surface area contributed by atoms with Crippen LogP contribution in [-0.4, -0.2) is 29.1 Å². The molecule has 108 valence electrons. The molecular formula is C13H15BrN2O4. The summed E-state index contributed by atoms with van der Waals surface area (Å²) in [6.45, 7) is 4.65. The van der Waals surface area contributed by atoms with Gasteiger partial charge in [0.05, 0.1) is 16.5 Å². The molecule has 1 aromatic rings. The van der Waals surface area contributed by atoms with Gasteiger partial charge in [-0.2, -0.15) is 0 Å². The van der Waals surface area contributed by atoms with Gasteiger partial charge in [0.1, 0.15) is 0 Å². The predicted molar refractivity (Wildman–Crippen MR) is 78.0 cm³/mol. The van der Waals surface area contributed by atoms with Gasteiger partial charge < -0.3 is 10.0 Å². The van der Waals surface area contributed by atoms with Crippen molar-refractivity contribution < 1.29 is 14.8 Å². The lowest BCUT2D eigenvalue weighted by Crippen LogP contribution is -2.23. The molecule has 0 radical (unpaired) electrons. The number of anilines is 1. The van der Waals surface area contributed by atoms with Gasteiger partial charge in [-0.3, -0.25) is 14.9 Å². The molecule has 1 heterocycles. The molecule has 1 saturated heterocycles. The molecule has 0 bridgehead atoms. The van der Waals surface area contributed by atoms with Crippen molar-refractivity contribution >= 4 is 33.3 Å². The molecule has 0 amide bonds. The van der Waals surface area contributed by atoms with E-state index in [0.717, 1.165) is 5.69 Å². The van der Waals surface area contributed by atoms with Crippen LogP contribution in [-0.2, 0) is 4.79 Å². The lowest BCUT2D eigenvalue weighted by Gasteiger charge is -2.20. The number of rotatable bonds is 3. The maximum Gasteiger partial charge on any atom is 0.308 e. The van der Waals surface area contributed by atoms with Gasteiger partial charge in [-0.05, 0) is 34.8 Å². The van der Waals surface area contributed by atoms with E-state index in [1.807, 2.05) is 11.8 Å². The van der Waals surface area contributed by atoms with Gasteiger partial charge in [0.25, 0.3) is 5.69 Å². The fraction of sp³-hybridized carbons (Fsp3) is 0.462. The van der Waals surface area contributed by atoms with Crippen LogP contribution in [0.25, 0.3) is 0 Å². The minimum Gasteiger partial charge on any atom is -0.481 e. The van der Waals surface area contributed by atoms with Crippen LogP contribution in [0.4, 0.5) is 11.4 Å². The van der Waals surface area contributed by atoms with Crippen molar-refractivity contribution in [1.29, 1.82) is 0 Å². The molecule has 1 aliphatic heterocycles. The molecule has 20 heavy (non-hydrogen) atoms. The number of nitrogens with zero attached hydrogens (tertiary/aromatic N) is 2. The van der Waals surface area contributed by atoms with Crippen LogP contribution in [0.1, 0.15) is 12.5 Å². The second-order valence-electron chi connectivity index (χ2n) is 5.17. The van der Waals surface area contributed by atoms with Crippen LogP contribution in [0, 0.1) is 28.9 Å². The highest BCUT2D eigenvalue weighted by atomic mass is 79.9. The van der Waals surface area contributed by atoms with Crippen LogP contribution in [0.2, 0.25) is 0 Å². The van der Waals surface area contributed by atoms with Crippen molar-refractivity contribution in [2.75, 3.05) is 18.0 Å². The van der Waals surface area contributed by atoms with E-state index in [0.29, 0.717) is 23.1 Å². The van der Waals surface area contributed by atoms with Gasteiger partial charge >= 0.3 is 5.97 Å². The highest BCUT2D eigenvalue weighted by Gasteiger charge is 2.35. The normalized spacial score (nSPS) is 22.1. The number of hydrogen-bond acceptors (Lipinski definition) is 4. The molecule has 2 rings (SSSR count). The van der Waals surface area contributed by atoms with Crippen molar-refractivity contribution in [3.05, 3.63) is 32.3 Å². The zero-order valence-corrected chi connectivity index (χ0v) is 12.8. The van der Waals surface area contributed by atoms with Gasteiger partial charge in [0.15, 0.2) is 0 Å².